The molecule has 1 aliphatic carbocycles. The van der Waals surface area contributed by atoms with Crippen LogP contribution in [0.5, 0.6) is 0 Å². The third-order valence-electron chi connectivity index (χ3n) is 3.98. The lowest BCUT2D eigenvalue weighted by Gasteiger charge is -2.23. The first-order valence-corrected chi connectivity index (χ1v) is 8.10. The van der Waals surface area contributed by atoms with Crippen molar-refractivity contribution >= 4 is 11.3 Å². The molecular weight excluding hydrogens is 256 g/mol. The maximum absolute atomic E-state index is 5.69. The summed E-state index contributed by atoms with van der Waals surface area (Å²) in [4.78, 5) is 6.26. The molecule has 0 aromatic carbocycles. The molecule has 0 amide bonds. The first-order chi connectivity index (χ1) is 9.00. The Labute approximate surface area is 120 Å². The zero-order valence-electron chi connectivity index (χ0n) is 12.7. The van der Waals surface area contributed by atoms with E-state index in [-0.39, 0.29) is 5.60 Å². The second-order valence-electron chi connectivity index (χ2n) is 5.93. The minimum atomic E-state index is -0.244. The number of hydrogen-bond acceptors (Lipinski definition) is 4. The number of ether oxygens (including phenoxy) is 1. The normalized spacial score (nSPS) is 18.8. The molecule has 3 nitrogen and oxygen atoms in total. The number of methoxy groups -OCH3 is 1. The molecule has 1 N–H and O–H groups in total. The monoisotopic (exact) mass is 282 g/mol. The summed E-state index contributed by atoms with van der Waals surface area (Å²) in [7, 11) is 1.78. The van der Waals surface area contributed by atoms with Gasteiger partial charge in [0.05, 0.1) is 5.69 Å². The van der Waals surface area contributed by atoms with Gasteiger partial charge in [-0.3, -0.25) is 0 Å². The first kappa shape index (κ1) is 14.9. The second kappa shape index (κ2) is 5.90. The lowest BCUT2D eigenvalue weighted by molar-refractivity contribution is -0.00168. The second-order valence-corrected chi connectivity index (χ2v) is 7.01. The van der Waals surface area contributed by atoms with Gasteiger partial charge in [0.1, 0.15) is 10.6 Å². The van der Waals surface area contributed by atoms with Gasteiger partial charge in [0.2, 0.25) is 0 Å². The minimum absolute atomic E-state index is 0.244. The van der Waals surface area contributed by atoms with Gasteiger partial charge in [-0.2, -0.15) is 0 Å². The van der Waals surface area contributed by atoms with Crippen LogP contribution in [0, 0.1) is 0 Å². The first-order valence-electron chi connectivity index (χ1n) is 7.28. The largest absolute Gasteiger partial charge is 0.371 e. The molecule has 1 aliphatic rings. The van der Waals surface area contributed by atoms with Crippen molar-refractivity contribution in [2.45, 2.75) is 71.1 Å². The number of rotatable bonds is 7. The SMILES string of the molecule is CCC(C)(OC)c1nc(C(C)C)c(CNC2CC2)s1. The van der Waals surface area contributed by atoms with Crippen molar-refractivity contribution in [1.29, 1.82) is 0 Å². The van der Waals surface area contributed by atoms with E-state index in [1.54, 1.807) is 7.11 Å². The average Bonchev–Trinajstić information content (AvgIpc) is 3.13. The summed E-state index contributed by atoms with van der Waals surface area (Å²) >= 11 is 1.82. The highest BCUT2D eigenvalue weighted by molar-refractivity contribution is 7.11. The predicted molar refractivity (Wildman–Crippen MR) is 80.7 cm³/mol. The molecular formula is C15H26N2OS. The molecule has 4 heteroatoms. The van der Waals surface area contributed by atoms with E-state index in [9.17, 15) is 0 Å². The summed E-state index contributed by atoms with van der Waals surface area (Å²) in [5.74, 6) is 0.471. The van der Waals surface area contributed by atoms with Crippen LogP contribution in [0.3, 0.4) is 0 Å². The Morgan fingerprint density at radius 2 is 2.16 bits per heavy atom. The van der Waals surface area contributed by atoms with Crippen LogP contribution in [0.2, 0.25) is 0 Å². The Bertz CT molecular complexity index is 420. The van der Waals surface area contributed by atoms with Gasteiger partial charge in [0.25, 0.3) is 0 Å². The molecule has 0 spiro atoms. The van der Waals surface area contributed by atoms with E-state index >= 15 is 0 Å². The van der Waals surface area contributed by atoms with E-state index in [2.05, 4.69) is 33.0 Å². The van der Waals surface area contributed by atoms with Crippen LogP contribution in [-0.4, -0.2) is 18.1 Å². The number of nitrogens with zero attached hydrogens (tertiary/aromatic N) is 1. The van der Waals surface area contributed by atoms with Crippen molar-refractivity contribution in [2.75, 3.05) is 7.11 Å². The average molecular weight is 282 g/mol. The number of hydrogen-bond donors (Lipinski definition) is 1. The third kappa shape index (κ3) is 3.36. The van der Waals surface area contributed by atoms with Gasteiger partial charge in [-0.1, -0.05) is 20.8 Å². The number of aromatic nitrogens is 1. The van der Waals surface area contributed by atoms with Crippen molar-refractivity contribution in [1.82, 2.24) is 10.3 Å². The highest BCUT2D eigenvalue weighted by Gasteiger charge is 2.30. The van der Waals surface area contributed by atoms with E-state index in [0.29, 0.717) is 5.92 Å². The van der Waals surface area contributed by atoms with Crippen LogP contribution in [0.4, 0.5) is 0 Å². The Hall–Kier alpha value is -0.450. The van der Waals surface area contributed by atoms with Crippen LogP contribution in [0.15, 0.2) is 0 Å². The van der Waals surface area contributed by atoms with Crippen LogP contribution in [-0.2, 0) is 16.9 Å². The third-order valence-corrected chi connectivity index (χ3v) is 5.30. The standard InChI is InChI=1S/C15H26N2OS/c1-6-15(4,18-5)14-17-13(10(2)3)12(19-14)9-16-11-7-8-11/h10-11,16H,6-9H2,1-5H3. The fraction of sp³-hybridized carbons (Fsp3) is 0.800. The Kier molecular flexibility index (Phi) is 4.64. The molecule has 0 bridgehead atoms. The van der Waals surface area contributed by atoms with Crippen LogP contribution >= 0.6 is 11.3 Å². The zero-order valence-corrected chi connectivity index (χ0v) is 13.6. The van der Waals surface area contributed by atoms with Crippen molar-refractivity contribution in [2.24, 2.45) is 0 Å². The van der Waals surface area contributed by atoms with Gasteiger partial charge in [-0.15, -0.1) is 11.3 Å². The van der Waals surface area contributed by atoms with E-state index in [4.69, 9.17) is 9.72 Å². The van der Waals surface area contributed by atoms with Crippen LogP contribution in [0.25, 0.3) is 0 Å². The van der Waals surface area contributed by atoms with Gasteiger partial charge >= 0.3 is 0 Å². The van der Waals surface area contributed by atoms with Gasteiger partial charge in [0, 0.05) is 24.6 Å². The van der Waals surface area contributed by atoms with Gasteiger partial charge < -0.3 is 10.1 Å². The maximum atomic E-state index is 5.69. The Morgan fingerprint density at radius 1 is 1.47 bits per heavy atom. The Morgan fingerprint density at radius 3 is 2.63 bits per heavy atom. The molecule has 0 saturated heterocycles. The molecule has 2 rings (SSSR count). The van der Waals surface area contributed by atoms with Crippen molar-refractivity contribution in [3.63, 3.8) is 0 Å². The van der Waals surface area contributed by atoms with Gasteiger partial charge in [0.15, 0.2) is 0 Å². The van der Waals surface area contributed by atoms with Gasteiger partial charge in [-0.05, 0) is 32.1 Å². The molecule has 0 radical (unpaired) electrons. The molecule has 1 heterocycles. The van der Waals surface area contributed by atoms with Crippen LogP contribution in [0.1, 0.15) is 68.5 Å². The fourth-order valence-corrected chi connectivity index (χ4v) is 3.44. The maximum Gasteiger partial charge on any atom is 0.125 e. The lowest BCUT2D eigenvalue weighted by Crippen LogP contribution is -2.22. The Balaban J connectivity index is 2.22. The van der Waals surface area contributed by atoms with E-state index in [0.717, 1.165) is 24.0 Å². The van der Waals surface area contributed by atoms with Crippen molar-refractivity contribution in [3.05, 3.63) is 15.6 Å². The quantitative estimate of drug-likeness (QED) is 0.826. The summed E-state index contributed by atoms with van der Waals surface area (Å²) in [6.45, 7) is 9.68. The van der Waals surface area contributed by atoms with E-state index in [1.165, 1.54) is 23.4 Å². The topological polar surface area (TPSA) is 34.1 Å². The van der Waals surface area contributed by atoms with Crippen molar-refractivity contribution in [3.8, 4) is 0 Å². The highest BCUT2D eigenvalue weighted by atomic mass is 32.1. The predicted octanol–water partition coefficient (Wildman–Crippen LogP) is 3.79. The van der Waals surface area contributed by atoms with E-state index in [1.807, 2.05) is 11.3 Å². The fourth-order valence-electron chi connectivity index (χ4n) is 2.07. The molecule has 1 unspecified atom stereocenters. The molecule has 1 aromatic heterocycles. The molecule has 0 aliphatic heterocycles. The zero-order chi connectivity index (χ0) is 14.0. The molecule has 19 heavy (non-hydrogen) atoms. The summed E-state index contributed by atoms with van der Waals surface area (Å²) in [6, 6.07) is 0.741. The molecule has 1 atom stereocenters. The minimum Gasteiger partial charge on any atom is -0.371 e. The summed E-state index contributed by atoms with van der Waals surface area (Å²) < 4.78 is 5.69. The van der Waals surface area contributed by atoms with E-state index < -0.39 is 0 Å². The summed E-state index contributed by atoms with van der Waals surface area (Å²) in [5.41, 5.74) is 0.997. The lowest BCUT2D eigenvalue weighted by atomic mass is 10.0. The summed E-state index contributed by atoms with van der Waals surface area (Å²) in [6.07, 6.45) is 3.60. The number of thiazole rings is 1. The van der Waals surface area contributed by atoms with Crippen LogP contribution < -0.4 is 5.32 Å². The van der Waals surface area contributed by atoms with Crippen molar-refractivity contribution < 1.29 is 4.74 Å². The number of nitrogens with one attached hydrogen (secondary N) is 1. The summed E-state index contributed by atoms with van der Waals surface area (Å²) in [5, 5.41) is 4.72. The molecule has 108 valence electrons. The molecule has 1 fully saturated rings. The molecule has 1 aromatic rings. The molecule has 1 saturated carbocycles. The highest BCUT2D eigenvalue weighted by Crippen LogP contribution is 2.35. The van der Waals surface area contributed by atoms with Gasteiger partial charge in [-0.25, -0.2) is 4.98 Å². The smallest absolute Gasteiger partial charge is 0.125 e.